The smallest absolute Gasteiger partial charge is 0.253 e. The van der Waals surface area contributed by atoms with Gasteiger partial charge < -0.3 is 11.1 Å². The first kappa shape index (κ1) is 11.7. The molecule has 0 aliphatic rings. The number of carbonyl (C=O) groups is 1. The molecule has 82 valence electrons. The molecular weight excluding hydrogens is 190 g/mol. The van der Waals surface area contributed by atoms with E-state index in [9.17, 15) is 4.79 Å². The van der Waals surface area contributed by atoms with Crippen molar-refractivity contribution in [2.45, 2.75) is 26.3 Å². The number of aromatic nitrogens is 1. The number of nitrogens with one attached hydrogen (secondary N) is 1. The summed E-state index contributed by atoms with van der Waals surface area (Å²) < 4.78 is 0. The summed E-state index contributed by atoms with van der Waals surface area (Å²) in [6, 6.07) is 3.69. The maximum absolute atomic E-state index is 11.6. The first-order valence-corrected chi connectivity index (χ1v) is 5.07. The van der Waals surface area contributed by atoms with Crippen LogP contribution in [0, 0.1) is 6.92 Å². The van der Waals surface area contributed by atoms with Crippen LogP contribution < -0.4 is 11.1 Å². The topological polar surface area (TPSA) is 68.0 Å². The van der Waals surface area contributed by atoms with Gasteiger partial charge in [-0.15, -0.1) is 0 Å². The molecule has 15 heavy (non-hydrogen) atoms. The van der Waals surface area contributed by atoms with Crippen LogP contribution in [0.2, 0.25) is 0 Å². The molecule has 0 radical (unpaired) electrons. The lowest BCUT2D eigenvalue weighted by Crippen LogP contribution is -2.34. The average Bonchev–Trinajstić information content (AvgIpc) is 2.18. The number of aryl methyl sites for hydroxylation is 1. The van der Waals surface area contributed by atoms with Crippen molar-refractivity contribution in [2.24, 2.45) is 5.73 Å². The second kappa shape index (κ2) is 5.46. The number of nitrogens with zero attached hydrogens (tertiary/aromatic N) is 1. The molecule has 0 spiro atoms. The lowest BCUT2D eigenvalue weighted by atomic mass is 10.2. The Morgan fingerprint density at radius 1 is 1.60 bits per heavy atom. The number of amides is 1. The van der Waals surface area contributed by atoms with E-state index in [1.165, 1.54) is 0 Å². The molecule has 1 rings (SSSR count). The quantitative estimate of drug-likeness (QED) is 0.769. The van der Waals surface area contributed by atoms with Gasteiger partial charge in [-0.25, -0.2) is 0 Å². The fourth-order valence-corrected chi connectivity index (χ4v) is 1.23. The molecule has 0 aliphatic carbocycles. The minimum absolute atomic E-state index is 0.0940. The van der Waals surface area contributed by atoms with Crippen LogP contribution in [0.5, 0.6) is 0 Å². The zero-order valence-electron chi connectivity index (χ0n) is 9.16. The largest absolute Gasteiger partial charge is 0.349 e. The highest BCUT2D eigenvalue weighted by Crippen LogP contribution is 2.00. The molecule has 4 heteroatoms. The summed E-state index contributed by atoms with van der Waals surface area (Å²) in [5.41, 5.74) is 6.89. The molecular formula is C11H17N3O. The Labute approximate surface area is 89.9 Å². The van der Waals surface area contributed by atoms with Gasteiger partial charge in [-0.3, -0.25) is 9.78 Å². The van der Waals surface area contributed by atoms with Crippen molar-refractivity contribution in [3.63, 3.8) is 0 Å². The Balaban J connectivity index is 2.57. The fourth-order valence-electron chi connectivity index (χ4n) is 1.23. The highest BCUT2D eigenvalue weighted by molar-refractivity contribution is 5.94. The summed E-state index contributed by atoms with van der Waals surface area (Å²) in [7, 11) is 0. The summed E-state index contributed by atoms with van der Waals surface area (Å²) in [6.45, 7) is 4.40. The Morgan fingerprint density at radius 3 is 2.87 bits per heavy atom. The summed E-state index contributed by atoms with van der Waals surface area (Å²) in [4.78, 5) is 15.7. The molecule has 4 nitrogen and oxygen atoms in total. The van der Waals surface area contributed by atoms with E-state index in [0.29, 0.717) is 12.1 Å². The summed E-state index contributed by atoms with van der Waals surface area (Å²) >= 11 is 0. The number of hydrogen-bond donors (Lipinski definition) is 2. The van der Waals surface area contributed by atoms with Crippen molar-refractivity contribution in [1.82, 2.24) is 10.3 Å². The van der Waals surface area contributed by atoms with Crippen LogP contribution in [0.1, 0.15) is 29.4 Å². The summed E-state index contributed by atoms with van der Waals surface area (Å²) in [6.07, 6.45) is 2.37. The van der Waals surface area contributed by atoms with Crippen molar-refractivity contribution >= 4 is 5.91 Å². The van der Waals surface area contributed by atoms with E-state index >= 15 is 0 Å². The van der Waals surface area contributed by atoms with Crippen molar-refractivity contribution in [1.29, 1.82) is 0 Å². The number of carbonyl (C=O) groups excluding carboxylic acids is 1. The lowest BCUT2D eigenvalue weighted by Gasteiger charge is -2.12. The van der Waals surface area contributed by atoms with Gasteiger partial charge in [0.05, 0.1) is 5.56 Å². The van der Waals surface area contributed by atoms with Gasteiger partial charge in [0, 0.05) is 17.9 Å². The van der Waals surface area contributed by atoms with Crippen molar-refractivity contribution < 1.29 is 4.79 Å². The van der Waals surface area contributed by atoms with Gasteiger partial charge in [-0.05, 0) is 38.9 Å². The number of pyridine rings is 1. The minimum atomic E-state index is -0.0940. The van der Waals surface area contributed by atoms with E-state index < -0.39 is 0 Å². The van der Waals surface area contributed by atoms with E-state index in [1.54, 1.807) is 12.3 Å². The van der Waals surface area contributed by atoms with E-state index in [2.05, 4.69) is 10.3 Å². The highest BCUT2D eigenvalue weighted by Gasteiger charge is 2.08. The first-order valence-electron chi connectivity index (χ1n) is 5.07. The molecule has 1 unspecified atom stereocenters. The van der Waals surface area contributed by atoms with Gasteiger partial charge in [0.15, 0.2) is 0 Å². The van der Waals surface area contributed by atoms with E-state index in [-0.39, 0.29) is 11.9 Å². The Hall–Kier alpha value is -1.42. The van der Waals surface area contributed by atoms with Gasteiger partial charge in [-0.1, -0.05) is 0 Å². The zero-order chi connectivity index (χ0) is 11.3. The Kier molecular flexibility index (Phi) is 4.24. The third kappa shape index (κ3) is 3.67. The maximum atomic E-state index is 11.6. The second-order valence-corrected chi connectivity index (χ2v) is 3.64. The summed E-state index contributed by atoms with van der Waals surface area (Å²) in [5, 5.41) is 2.86. The highest BCUT2D eigenvalue weighted by atomic mass is 16.1. The maximum Gasteiger partial charge on any atom is 0.253 e. The van der Waals surface area contributed by atoms with Gasteiger partial charge >= 0.3 is 0 Å². The Bertz CT molecular complexity index is 321. The molecule has 0 aromatic carbocycles. The van der Waals surface area contributed by atoms with Gasteiger partial charge in [0.25, 0.3) is 5.91 Å². The number of hydrogen-bond acceptors (Lipinski definition) is 3. The fraction of sp³-hybridized carbons (Fsp3) is 0.455. The second-order valence-electron chi connectivity index (χ2n) is 3.64. The van der Waals surface area contributed by atoms with Crippen LogP contribution in [0.4, 0.5) is 0 Å². The van der Waals surface area contributed by atoms with Crippen LogP contribution in [0.3, 0.4) is 0 Å². The molecule has 1 heterocycles. The van der Waals surface area contributed by atoms with E-state index in [4.69, 9.17) is 5.73 Å². The standard InChI is InChI=1S/C11H17N3O/c1-8-3-4-10(7-13-8)11(15)14-9(2)5-6-12/h3-4,7,9H,5-6,12H2,1-2H3,(H,14,15). The lowest BCUT2D eigenvalue weighted by molar-refractivity contribution is 0.0938. The average molecular weight is 207 g/mol. The molecule has 0 fully saturated rings. The zero-order valence-corrected chi connectivity index (χ0v) is 9.16. The monoisotopic (exact) mass is 207 g/mol. The van der Waals surface area contributed by atoms with E-state index in [0.717, 1.165) is 12.1 Å². The predicted molar refractivity (Wildman–Crippen MR) is 59.6 cm³/mol. The van der Waals surface area contributed by atoms with Crippen LogP contribution in [0.15, 0.2) is 18.3 Å². The molecule has 1 aromatic heterocycles. The van der Waals surface area contributed by atoms with E-state index in [1.807, 2.05) is 19.9 Å². The van der Waals surface area contributed by atoms with Crippen LogP contribution in [-0.4, -0.2) is 23.5 Å². The van der Waals surface area contributed by atoms with Gasteiger partial charge in [0.2, 0.25) is 0 Å². The van der Waals surface area contributed by atoms with Crippen molar-refractivity contribution in [3.8, 4) is 0 Å². The number of rotatable bonds is 4. The third-order valence-electron chi connectivity index (χ3n) is 2.15. The first-order chi connectivity index (χ1) is 7.13. The number of nitrogens with two attached hydrogens (primary N) is 1. The normalized spacial score (nSPS) is 12.2. The molecule has 3 N–H and O–H groups in total. The molecule has 0 bridgehead atoms. The van der Waals surface area contributed by atoms with Crippen LogP contribution in [0.25, 0.3) is 0 Å². The molecule has 1 atom stereocenters. The third-order valence-corrected chi connectivity index (χ3v) is 2.15. The summed E-state index contributed by atoms with van der Waals surface area (Å²) in [5.74, 6) is -0.0940. The van der Waals surface area contributed by atoms with Crippen molar-refractivity contribution in [3.05, 3.63) is 29.6 Å². The SMILES string of the molecule is Cc1ccc(C(=O)NC(C)CCN)cn1. The van der Waals surface area contributed by atoms with Gasteiger partial charge in [0.1, 0.15) is 0 Å². The molecule has 1 amide bonds. The molecule has 0 saturated carbocycles. The molecule has 0 aliphatic heterocycles. The van der Waals surface area contributed by atoms with Crippen LogP contribution >= 0.6 is 0 Å². The predicted octanol–water partition coefficient (Wildman–Crippen LogP) is 0.857. The van der Waals surface area contributed by atoms with Crippen LogP contribution in [-0.2, 0) is 0 Å². The van der Waals surface area contributed by atoms with Gasteiger partial charge in [-0.2, -0.15) is 0 Å². The minimum Gasteiger partial charge on any atom is -0.349 e. The molecule has 1 aromatic rings. The molecule has 0 saturated heterocycles. The Morgan fingerprint density at radius 2 is 2.33 bits per heavy atom. The van der Waals surface area contributed by atoms with Crippen molar-refractivity contribution in [2.75, 3.05) is 6.54 Å².